The van der Waals surface area contributed by atoms with Gasteiger partial charge in [0.25, 0.3) is 0 Å². The van der Waals surface area contributed by atoms with Crippen LogP contribution in [0.2, 0.25) is 13.1 Å². The zero-order chi connectivity index (χ0) is 20.6. The second-order valence-electron chi connectivity index (χ2n) is 8.61. The van der Waals surface area contributed by atoms with Gasteiger partial charge in [-0.2, -0.15) is 12.7 Å². The Kier molecular flexibility index (Phi) is 7.07. The molecule has 5 nitrogen and oxygen atoms in total. The van der Waals surface area contributed by atoms with E-state index in [1.807, 2.05) is 26.0 Å². The van der Waals surface area contributed by atoms with Crippen molar-refractivity contribution in [3.63, 3.8) is 0 Å². The van der Waals surface area contributed by atoms with Gasteiger partial charge in [-0.05, 0) is 49.5 Å². The summed E-state index contributed by atoms with van der Waals surface area (Å²) in [6, 6.07) is 5.60. The summed E-state index contributed by atoms with van der Waals surface area (Å²) in [4.78, 5) is 0. The molecule has 8 heteroatoms. The highest BCUT2D eigenvalue weighted by Gasteiger charge is 2.44. The summed E-state index contributed by atoms with van der Waals surface area (Å²) >= 11 is 5.96. The number of halogens is 1. The van der Waals surface area contributed by atoms with Crippen LogP contribution in [0.4, 0.5) is 5.69 Å². The number of fused-ring (bicyclic) bond motifs is 1. The second kappa shape index (κ2) is 8.41. The van der Waals surface area contributed by atoms with Gasteiger partial charge >= 0.3 is 10.2 Å². The third kappa shape index (κ3) is 4.70. The van der Waals surface area contributed by atoms with E-state index in [0.29, 0.717) is 6.61 Å². The van der Waals surface area contributed by atoms with E-state index < -0.39 is 19.2 Å². The second-order valence-corrected chi connectivity index (χ2v) is 13.2. The maximum Gasteiger partial charge on any atom is 0.305 e. The summed E-state index contributed by atoms with van der Waals surface area (Å²) in [6.07, 6.45) is 0. The molecule has 1 aromatic carbocycles. The lowest BCUT2D eigenvalue weighted by Gasteiger charge is -2.44. The number of nitrogens with zero attached hydrogens (tertiary/aromatic N) is 2. The average molecular weight is 433 g/mol. The summed E-state index contributed by atoms with van der Waals surface area (Å²) in [7, 11) is -4.96. The highest BCUT2D eigenvalue weighted by molar-refractivity contribution is 7.90. The van der Waals surface area contributed by atoms with Gasteiger partial charge in [-0.25, -0.2) is 0 Å². The zero-order valence-corrected chi connectivity index (χ0v) is 20.2. The molecule has 2 rings (SSSR count). The zero-order valence-electron chi connectivity index (χ0n) is 17.5. The van der Waals surface area contributed by atoms with Crippen LogP contribution < -0.4 is 4.31 Å². The number of benzene rings is 1. The number of hydrogen-bond acceptors (Lipinski definition) is 3. The molecule has 0 saturated heterocycles. The maximum atomic E-state index is 13.4. The topological polar surface area (TPSA) is 49.9 Å². The SMILES string of the molecule is CC(C)N1C(CO[SiH](C)C)c2cc(C(C)(C)C)ccc2N(CCCl)S1(=O)=O. The largest absolute Gasteiger partial charge is 0.419 e. The van der Waals surface area contributed by atoms with Gasteiger partial charge < -0.3 is 4.43 Å². The summed E-state index contributed by atoms with van der Waals surface area (Å²) in [5.41, 5.74) is 2.89. The van der Waals surface area contributed by atoms with Crippen LogP contribution >= 0.6 is 11.6 Å². The fraction of sp³-hybridized carbons (Fsp3) is 0.684. The Morgan fingerprint density at radius 3 is 2.37 bits per heavy atom. The van der Waals surface area contributed by atoms with Gasteiger partial charge in [0.2, 0.25) is 0 Å². The molecule has 154 valence electrons. The molecule has 0 saturated carbocycles. The lowest BCUT2D eigenvalue weighted by atomic mass is 9.85. The van der Waals surface area contributed by atoms with Crippen molar-refractivity contribution in [2.75, 3.05) is 23.3 Å². The molecule has 27 heavy (non-hydrogen) atoms. The van der Waals surface area contributed by atoms with Crippen molar-refractivity contribution in [2.45, 2.75) is 65.2 Å². The highest BCUT2D eigenvalue weighted by Crippen LogP contribution is 2.43. The molecule has 0 bridgehead atoms. The van der Waals surface area contributed by atoms with Gasteiger partial charge in [0.15, 0.2) is 9.04 Å². The molecule has 0 spiro atoms. The van der Waals surface area contributed by atoms with E-state index in [9.17, 15) is 8.42 Å². The van der Waals surface area contributed by atoms with Crippen LogP contribution in [0.5, 0.6) is 0 Å². The van der Waals surface area contributed by atoms with Crippen LogP contribution in [0.3, 0.4) is 0 Å². The summed E-state index contributed by atoms with van der Waals surface area (Å²) in [5.74, 6) is 0.242. The first-order chi connectivity index (χ1) is 12.4. The molecule has 0 amide bonds. The monoisotopic (exact) mass is 432 g/mol. The van der Waals surface area contributed by atoms with Gasteiger partial charge in [-0.3, -0.25) is 4.31 Å². The number of alkyl halides is 1. The highest BCUT2D eigenvalue weighted by atomic mass is 35.5. The smallest absolute Gasteiger partial charge is 0.305 e. The van der Waals surface area contributed by atoms with Crippen LogP contribution in [-0.2, 0) is 20.1 Å². The van der Waals surface area contributed by atoms with Crippen LogP contribution in [0.25, 0.3) is 0 Å². The Hall–Kier alpha value is -0.603. The molecule has 0 N–H and O–H groups in total. The van der Waals surface area contributed by atoms with E-state index in [0.717, 1.165) is 11.3 Å². The molecular weight excluding hydrogens is 400 g/mol. The molecule has 0 aromatic heterocycles. The summed E-state index contributed by atoms with van der Waals surface area (Å²) in [6.45, 7) is 15.2. The minimum atomic E-state index is -3.67. The van der Waals surface area contributed by atoms with E-state index >= 15 is 0 Å². The lowest BCUT2D eigenvalue weighted by molar-refractivity contribution is 0.181. The fourth-order valence-corrected chi connectivity index (χ4v) is 6.27. The maximum absolute atomic E-state index is 13.4. The molecule has 1 aromatic rings. The van der Waals surface area contributed by atoms with Crippen LogP contribution in [0.1, 0.15) is 51.8 Å². The quantitative estimate of drug-likeness (QED) is 0.503. The summed E-state index contributed by atoms with van der Waals surface area (Å²) in [5, 5.41) is 0. The van der Waals surface area contributed by atoms with Crippen molar-refractivity contribution >= 4 is 36.5 Å². The fourth-order valence-electron chi connectivity index (χ4n) is 3.44. The van der Waals surface area contributed by atoms with Crippen molar-refractivity contribution in [3.8, 4) is 0 Å². The molecule has 0 radical (unpaired) electrons. The Balaban J connectivity index is 2.70. The Bertz CT molecular complexity index is 763. The number of hydrogen-bond donors (Lipinski definition) is 0. The first kappa shape index (κ1) is 22.7. The van der Waals surface area contributed by atoms with Gasteiger partial charge in [-0.15, -0.1) is 11.6 Å². The Labute approximate surface area is 171 Å². The van der Waals surface area contributed by atoms with Gasteiger partial charge in [0, 0.05) is 18.5 Å². The van der Waals surface area contributed by atoms with Gasteiger partial charge in [0.05, 0.1) is 18.3 Å². The first-order valence-electron chi connectivity index (χ1n) is 9.54. The normalized spacial score (nSPS) is 20.4. The lowest BCUT2D eigenvalue weighted by Crippen LogP contribution is -2.54. The predicted octanol–water partition coefficient (Wildman–Crippen LogP) is 4.04. The van der Waals surface area contributed by atoms with E-state index in [1.54, 1.807) is 4.31 Å². The number of rotatable bonds is 6. The molecule has 0 fully saturated rings. The van der Waals surface area contributed by atoms with Crippen LogP contribution in [0.15, 0.2) is 18.2 Å². The van der Waals surface area contributed by atoms with E-state index in [4.69, 9.17) is 16.0 Å². The van der Waals surface area contributed by atoms with E-state index in [1.165, 1.54) is 9.87 Å². The van der Waals surface area contributed by atoms with Crippen molar-refractivity contribution < 1.29 is 12.8 Å². The molecule has 1 unspecified atom stereocenters. The van der Waals surface area contributed by atoms with Crippen LogP contribution in [-0.4, -0.2) is 46.8 Å². The van der Waals surface area contributed by atoms with Crippen molar-refractivity contribution in [1.82, 2.24) is 4.31 Å². The molecule has 1 aliphatic rings. The van der Waals surface area contributed by atoms with Crippen molar-refractivity contribution in [3.05, 3.63) is 29.3 Å². The average Bonchev–Trinajstić information content (AvgIpc) is 2.53. The molecule has 0 aliphatic carbocycles. The first-order valence-corrected chi connectivity index (χ1v) is 14.3. The standard InChI is InChI=1S/C19H33ClN2O3SSi/c1-14(2)22-18(13-25-27(6)7)16-12-15(19(3,4)5)8-9-17(16)21(11-10-20)26(22,23)24/h8-9,12,14,18,27H,10-11,13H2,1-7H3. The Morgan fingerprint density at radius 1 is 1.26 bits per heavy atom. The molecule has 1 heterocycles. The van der Waals surface area contributed by atoms with Crippen molar-refractivity contribution in [1.29, 1.82) is 0 Å². The van der Waals surface area contributed by atoms with Gasteiger partial charge in [0.1, 0.15) is 0 Å². The third-order valence-corrected chi connectivity index (χ3v) is 7.93. The Morgan fingerprint density at radius 2 is 1.89 bits per heavy atom. The van der Waals surface area contributed by atoms with E-state index in [2.05, 4.69) is 39.9 Å². The van der Waals surface area contributed by atoms with Gasteiger partial charge in [-0.1, -0.05) is 32.9 Å². The predicted molar refractivity (Wildman–Crippen MR) is 117 cm³/mol. The number of anilines is 1. The molecule has 1 atom stereocenters. The van der Waals surface area contributed by atoms with Crippen molar-refractivity contribution in [2.24, 2.45) is 0 Å². The molecule has 1 aliphatic heterocycles. The third-order valence-electron chi connectivity index (χ3n) is 4.76. The minimum Gasteiger partial charge on any atom is -0.419 e. The van der Waals surface area contributed by atoms with Crippen LogP contribution in [0, 0.1) is 0 Å². The summed E-state index contributed by atoms with van der Waals surface area (Å²) < 4.78 is 35.8. The molecular formula is C19H33ClN2O3SSi. The minimum absolute atomic E-state index is 0.0243. The van der Waals surface area contributed by atoms with E-state index in [-0.39, 0.29) is 29.9 Å².